The van der Waals surface area contributed by atoms with Gasteiger partial charge in [-0.15, -0.1) is 0 Å². The van der Waals surface area contributed by atoms with Gasteiger partial charge in [0.25, 0.3) is 0 Å². The van der Waals surface area contributed by atoms with Crippen LogP contribution < -0.4 is 9.03 Å². The van der Waals surface area contributed by atoms with Crippen LogP contribution in [0.1, 0.15) is 12.0 Å². The Kier molecular flexibility index (Phi) is 5.10. The molecule has 0 radical (unpaired) electrons. The topological polar surface area (TPSA) is 90.0 Å². The van der Waals surface area contributed by atoms with Gasteiger partial charge in [0.15, 0.2) is 0 Å². The Balaban J connectivity index is 1.98. The zero-order chi connectivity index (χ0) is 18.9. The van der Waals surface area contributed by atoms with Crippen molar-refractivity contribution < 1.29 is 18.3 Å². The Morgan fingerprint density at radius 1 is 1.27 bits per heavy atom. The van der Waals surface area contributed by atoms with Gasteiger partial charge < -0.3 is 10.0 Å². The van der Waals surface area contributed by atoms with E-state index in [0.29, 0.717) is 36.4 Å². The molecule has 2 N–H and O–H groups in total. The Hall–Kier alpha value is -2.26. The van der Waals surface area contributed by atoms with E-state index in [4.69, 9.17) is 5.11 Å². The van der Waals surface area contributed by atoms with Gasteiger partial charge in [-0.2, -0.15) is 8.42 Å². The summed E-state index contributed by atoms with van der Waals surface area (Å²) in [7, 11) is -2.23. The van der Waals surface area contributed by atoms with Crippen LogP contribution in [0.2, 0.25) is 0 Å². The van der Waals surface area contributed by atoms with Gasteiger partial charge in [-0.3, -0.25) is 4.72 Å². The Morgan fingerprint density at radius 2 is 1.96 bits per heavy atom. The summed E-state index contributed by atoms with van der Waals surface area (Å²) in [6.45, 7) is 0.363. The third-order valence-corrected chi connectivity index (χ3v) is 5.90. The van der Waals surface area contributed by atoms with Gasteiger partial charge in [-0.05, 0) is 42.7 Å². The molecule has 1 aliphatic rings. The summed E-state index contributed by atoms with van der Waals surface area (Å²) >= 11 is 3.42. The molecule has 2 aromatic carbocycles. The van der Waals surface area contributed by atoms with E-state index in [0.717, 1.165) is 10.0 Å². The second-order valence-electron chi connectivity index (χ2n) is 5.98. The Morgan fingerprint density at radius 3 is 2.62 bits per heavy atom. The monoisotopic (exact) mass is 439 g/mol. The lowest BCUT2D eigenvalue weighted by molar-refractivity contribution is 0.155. The molecule has 138 valence electrons. The van der Waals surface area contributed by atoms with Crippen molar-refractivity contribution in [3.63, 3.8) is 0 Å². The molecule has 1 amide bonds. The minimum atomic E-state index is -3.74. The molecule has 9 heteroatoms. The third kappa shape index (κ3) is 3.63. The van der Waals surface area contributed by atoms with E-state index in [2.05, 4.69) is 20.7 Å². The number of carbonyl (C=O) groups is 1. The van der Waals surface area contributed by atoms with Crippen molar-refractivity contribution in [3.8, 4) is 0 Å². The molecule has 1 aliphatic heterocycles. The number of amides is 1. The smallest absolute Gasteiger partial charge is 0.407 e. The molecule has 3 rings (SSSR count). The van der Waals surface area contributed by atoms with Crippen molar-refractivity contribution in [1.29, 1.82) is 0 Å². The van der Waals surface area contributed by atoms with Crippen LogP contribution in [0.4, 0.5) is 21.9 Å². The van der Waals surface area contributed by atoms with E-state index in [1.165, 1.54) is 16.3 Å². The van der Waals surface area contributed by atoms with Crippen LogP contribution in [0.3, 0.4) is 0 Å². The minimum Gasteiger partial charge on any atom is -0.465 e. The summed E-state index contributed by atoms with van der Waals surface area (Å²) < 4.78 is 30.0. The molecular weight excluding hydrogens is 422 g/mol. The van der Waals surface area contributed by atoms with Gasteiger partial charge in [0.1, 0.15) is 0 Å². The lowest BCUT2D eigenvalue weighted by Gasteiger charge is -2.20. The molecule has 2 aromatic rings. The van der Waals surface area contributed by atoms with Gasteiger partial charge in [0, 0.05) is 18.1 Å². The first-order valence-electron chi connectivity index (χ1n) is 7.94. The van der Waals surface area contributed by atoms with E-state index in [1.807, 2.05) is 12.1 Å². The number of fused-ring (bicyclic) bond motifs is 1. The summed E-state index contributed by atoms with van der Waals surface area (Å²) in [6, 6.07) is 12.5. The zero-order valence-electron chi connectivity index (χ0n) is 14.0. The highest BCUT2D eigenvalue weighted by atomic mass is 79.9. The first kappa shape index (κ1) is 18.5. The fourth-order valence-corrected chi connectivity index (χ4v) is 4.79. The van der Waals surface area contributed by atoms with Crippen LogP contribution in [-0.4, -0.2) is 38.1 Å². The summed E-state index contributed by atoms with van der Waals surface area (Å²) in [5.74, 6) is 0. The molecule has 0 aromatic heterocycles. The van der Waals surface area contributed by atoms with Gasteiger partial charge in [0.05, 0.1) is 17.1 Å². The quantitative estimate of drug-likeness (QED) is 0.740. The molecule has 0 unspecified atom stereocenters. The maximum atomic E-state index is 12.7. The lowest BCUT2D eigenvalue weighted by Crippen LogP contribution is -2.26. The second-order valence-corrected chi connectivity index (χ2v) is 8.41. The average molecular weight is 440 g/mol. The molecule has 0 saturated heterocycles. The fourth-order valence-electron chi connectivity index (χ4n) is 2.90. The number of aryl methyl sites for hydroxylation is 1. The number of nitrogens with zero attached hydrogens (tertiary/aromatic N) is 2. The molecule has 26 heavy (non-hydrogen) atoms. The lowest BCUT2D eigenvalue weighted by atomic mass is 10.1. The van der Waals surface area contributed by atoms with Crippen LogP contribution in [0.5, 0.6) is 0 Å². The van der Waals surface area contributed by atoms with Crippen molar-refractivity contribution in [3.05, 3.63) is 52.5 Å². The first-order chi connectivity index (χ1) is 12.3. The second kappa shape index (κ2) is 7.16. The molecule has 0 saturated carbocycles. The minimum absolute atomic E-state index is 0.363. The maximum absolute atomic E-state index is 12.7. The fraction of sp³-hybridized carbons (Fsp3) is 0.235. The van der Waals surface area contributed by atoms with Crippen molar-refractivity contribution >= 4 is 49.3 Å². The number of nitrogens with one attached hydrogen (secondary N) is 1. The molecule has 0 bridgehead atoms. The Bertz CT molecular complexity index is 935. The van der Waals surface area contributed by atoms with Crippen LogP contribution in [0.25, 0.3) is 0 Å². The van der Waals surface area contributed by atoms with Gasteiger partial charge in [-0.1, -0.05) is 34.1 Å². The molecule has 0 aliphatic carbocycles. The van der Waals surface area contributed by atoms with E-state index < -0.39 is 16.3 Å². The normalized spacial score (nSPS) is 14.6. The summed E-state index contributed by atoms with van der Waals surface area (Å²) in [5, 5.41) is 8.96. The van der Waals surface area contributed by atoms with E-state index in [9.17, 15) is 13.2 Å². The maximum Gasteiger partial charge on any atom is 0.407 e. The van der Waals surface area contributed by atoms with Gasteiger partial charge in [0.2, 0.25) is 0 Å². The van der Waals surface area contributed by atoms with Crippen LogP contribution >= 0.6 is 15.9 Å². The summed E-state index contributed by atoms with van der Waals surface area (Å²) in [6.07, 6.45) is 0.133. The predicted molar refractivity (Wildman–Crippen MR) is 104 cm³/mol. The number of anilines is 3. The Labute approximate surface area is 160 Å². The number of hydrogen-bond acceptors (Lipinski definition) is 3. The highest BCUT2D eigenvalue weighted by Gasteiger charge is 2.36. The van der Waals surface area contributed by atoms with Crippen LogP contribution in [0.15, 0.2) is 46.9 Å². The number of rotatable bonds is 5. The van der Waals surface area contributed by atoms with Crippen molar-refractivity contribution in [1.82, 2.24) is 4.90 Å². The summed E-state index contributed by atoms with van der Waals surface area (Å²) in [5.41, 5.74) is 2.46. The standard InChI is InChI=1S/C17H18BrN3O4S/c1-20(17(22)23)9-5-6-12-10-13(18)11-15-16(12)21(26(24,25)19-15)14-7-3-2-4-8-14/h2-4,7-8,10-11,19H,5-6,9H2,1H3,(H,22,23). The highest BCUT2D eigenvalue weighted by Crippen LogP contribution is 2.45. The third-order valence-electron chi connectivity index (χ3n) is 4.09. The molecule has 0 fully saturated rings. The van der Waals surface area contributed by atoms with E-state index >= 15 is 0 Å². The number of benzene rings is 2. The number of halogens is 1. The van der Waals surface area contributed by atoms with Gasteiger partial charge >= 0.3 is 16.3 Å². The van der Waals surface area contributed by atoms with Crippen LogP contribution in [0, 0.1) is 0 Å². The molecular formula is C17H18BrN3O4S. The first-order valence-corrected chi connectivity index (χ1v) is 10.2. The molecule has 7 nitrogen and oxygen atoms in total. The summed E-state index contributed by atoms with van der Waals surface area (Å²) in [4.78, 5) is 12.1. The van der Waals surface area contributed by atoms with Gasteiger partial charge in [-0.25, -0.2) is 9.10 Å². The molecule has 0 atom stereocenters. The van der Waals surface area contributed by atoms with Crippen LogP contribution in [-0.2, 0) is 16.6 Å². The van der Waals surface area contributed by atoms with Crippen molar-refractivity contribution in [2.24, 2.45) is 0 Å². The molecule has 1 heterocycles. The highest BCUT2D eigenvalue weighted by molar-refractivity contribution is 9.10. The number of para-hydroxylation sites is 1. The largest absolute Gasteiger partial charge is 0.465 e. The zero-order valence-corrected chi connectivity index (χ0v) is 16.4. The number of carboxylic acid groups (broad SMARTS) is 1. The van der Waals surface area contributed by atoms with E-state index in [-0.39, 0.29) is 0 Å². The average Bonchev–Trinajstić information content (AvgIpc) is 2.85. The van der Waals surface area contributed by atoms with Crippen molar-refractivity contribution in [2.45, 2.75) is 12.8 Å². The molecule has 0 spiro atoms. The van der Waals surface area contributed by atoms with E-state index in [1.54, 1.807) is 30.3 Å². The number of hydrogen-bond donors (Lipinski definition) is 2. The van der Waals surface area contributed by atoms with Crippen molar-refractivity contribution in [2.75, 3.05) is 22.6 Å². The SMILES string of the molecule is CN(CCCc1cc(Br)cc2c1N(c1ccccc1)S(=O)(=O)N2)C(=O)O. The predicted octanol–water partition coefficient (Wildman–Crippen LogP) is 3.80.